The van der Waals surface area contributed by atoms with E-state index >= 15 is 0 Å². The van der Waals surface area contributed by atoms with Gasteiger partial charge in [0.25, 0.3) is 0 Å². The van der Waals surface area contributed by atoms with Crippen molar-refractivity contribution in [3.63, 3.8) is 0 Å². The van der Waals surface area contributed by atoms with E-state index in [9.17, 15) is 4.79 Å². The van der Waals surface area contributed by atoms with Crippen LogP contribution in [0.3, 0.4) is 0 Å². The molecule has 0 atom stereocenters. The van der Waals surface area contributed by atoms with E-state index in [0.29, 0.717) is 41.7 Å². The highest BCUT2D eigenvalue weighted by molar-refractivity contribution is 5.79. The molecule has 0 radical (unpaired) electrons. The Labute approximate surface area is 165 Å². The van der Waals surface area contributed by atoms with Gasteiger partial charge in [-0.25, -0.2) is 0 Å². The summed E-state index contributed by atoms with van der Waals surface area (Å²) < 4.78 is 26.5. The molecule has 0 aliphatic carbocycles. The third kappa shape index (κ3) is 5.22. The molecular weight excluding hydrogens is 362 g/mol. The highest BCUT2D eigenvalue weighted by Crippen LogP contribution is 2.38. The summed E-state index contributed by atoms with van der Waals surface area (Å²) >= 11 is 0. The van der Waals surface area contributed by atoms with Crippen molar-refractivity contribution >= 4 is 5.91 Å². The monoisotopic (exact) mass is 389 g/mol. The summed E-state index contributed by atoms with van der Waals surface area (Å²) in [6.07, 6.45) is 0.893. The van der Waals surface area contributed by atoms with Crippen molar-refractivity contribution in [1.29, 1.82) is 0 Å². The highest BCUT2D eigenvalue weighted by Gasteiger charge is 2.15. The Morgan fingerprint density at radius 2 is 1.32 bits per heavy atom. The molecule has 0 aliphatic heterocycles. The lowest BCUT2D eigenvalue weighted by atomic mass is 10.1. The number of methoxy groups -OCH3 is 5. The van der Waals surface area contributed by atoms with Gasteiger partial charge in [-0.05, 0) is 41.8 Å². The molecule has 152 valence electrons. The van der Waals surface area contributed by atoms with Gasteiger partial charge in [0.15, 0.2) is 23.0 Å². The van der Waals surface area contributed by atoms with Crippen LogP contribution in [0, 0.1) is 0 Å². The fourth-order valence-corrected chi connectivity index (χ4v) is 2.87. The van der Waals surface area contributed by atoms with Gasteiger partial charge in [0.1, 0.15) is 0 Å². The van der Waals surface area contributed by atoms with Gasteiger partial charge in [-0.15, -0.1) is 0 Å². The van der Waals surface area contributed by atoms with Gasteiger partial charge >= 0.3 is 0 Å². The van der Waals surface area contributed by atoms with E-state index in [2.05, 4.69) is 5.32 Å². The number of nitrogens with one attached hydrogen (secondary N) is 1. The second-order valence-electron chi connectivity index (χ2n) is 6.00. The molecule has 2 aromatic rings. The van der Waals surface area contributed by atoms with Crippen LogP contribution in [0.2, 0.25) is 0 Å². The molecule has 0 heterocycles. The number of carbonyl (C=O) groups excluding carboxylic acids is 1. The quantitative estimate of drug-likeness (QED) is 0.673. The third-order valence-corrected chi connectivity index (χ3v) is 4.27. The van der Waals surface area contributed by atoms with Crippen LogP contribution >= 0.6 is 0 Å². The minimum Gasteiger partial charge on any atom is -0.493 e. The molecule has 0 saturated heterocycles. The van der Waals surface area contributed by atoms with E-state index < -0.39 is 0 Å². The van der Waals surface area contributed by atoms with Crippen LogP contribution in [0.4, 0.5) is 0 Å². The molecular formula is C21H27NO6. The van der Waals surface area contributed by atoms with E-state index in [4.69, 9.17) is 23.7 Å². The highest BCUT2D eigenvalue weighted by atomic mass is 16.5. The van der Waals surface area contributed by atoms with Crippen LogP contribution in [0.1, 0.15) is 11.1 Å². The standard InChI is InChI=1S/C21H27NO6/c1-24-16-7-6-14(10-17(16)25-2)8-9-22-20(23)13-15-11-18(26-3)21(28-5)19(12-15)27-4/h6-7,10-12H,8-9,13H2,1-5H3,(H,22,23). The second kappa shape index (κ2) is 10.3. The van der Waals surface area contributed by atoms with E-state index in [1.54, 1.807) is 47.7 Å². The molecule has 0 bridgehead atoms. The predicted octanol–water partition coefficient (Wildman–Crippen LogP) is 2.63. The van der Waals surface area contributed by atoms with Gasteiger partial charge in [0.05, 0.1) is 42.0 Å². The molecule has 0 aliphatic rings. The smallest absolute Gasteiger partial charge is 0.224 e. The van der Waals surface area contributed by atoms with Crippen LogP contribution < -0.4 is 29.0 Å². The Morgan fingerprint density at radius 1 is 0.750 bits per heavy atom. The Balaban J connectivity index is 1.96. The van der Waals surface area contributed by atoms with Crippen molar-refractivity contribution in [2.45, 2.75) is 12.8 Å². The summed E-state index contributed by atoms with van der Waals surface area (Å²) in [6.45, 7) is 0.513. The maximum absolute atomic E-state index is 12.3. The lowest BCUT2D eigenvalue weighted by Crippen LogP contribution is -2.27. The number of benzene rings is 2. The Kier molecular flexibility index (Phi) is 7.80. The summed E-state index contributed by atoms with van der Waals surface area (Å²) in [5, 5.41) is 2.93. The molecule has 0 saturated carbocycles. The van der Waals surface area contributed by atoms with Crippen molar-refractivity contribution in [2.24, 2.45) is 0 Å². The topological polar surface area (TPSA) is 75.3 Å². The Hall–Kier alpha value is -3.09. The first-order valence-corrected chi connectivity index (χ1v) is 8.82. The van der Waals surface area contributed by atoms with E-state index in [0.717, 1.165) is 11.1 Å². The Bertz CT molecular complexity index is 780. The average molecular weight is 389 g/mol. The molecule has 7 nitrogen and oxygen atoms in total. The second-order valence-corrected chi connectivity index (χ2v) is 6.00. The summed E-state index contributed by atoms with van der Waals surface area (Å²) in [5.41, 5.74) is 1.82. The average Bonchev–Trinajstić information content (AvgIpc) is 2.72. The maximum atomic E-state index is 12.3. The van der Waals surface area contributed by atoms with Crippen LogP contribution in [0.15, 0.2) is 30.3 Å². The van der Waals surface area contributed by atoms with Crippen molar-refractivity contribution in [3.05, 3.63) is 41.5 Å². The lowest BCUT2D eigenvalue weighted by molar-refractivity contribution is -0.120. The molecule has 0 spiro atoms. The number of hydrogen-bond donors (Lipinski definition) is 1. The van der Waals surface area contributed by atoms with Gasteiger partial charge in [0.2, 0.25) is 11.7 Å². The van der Waals surface area contributed by atoms with Gasteiger partial charge < -0.3 is 29.0 Å². The van der Waals surface area contributed by atoms with E-state index in [1.807, 2.05) is 18.2 Å². The van der Waals surface area contributed by atoms with Gasteiger partial charge in [-0.3, -0.25) is 4.79 Å². The largest absolute Gasteiger partial charge is 0.493 e. The van der Waals surface area contributed by atoms with Crippen LogP contribution in [-0.4, -0.2) is 48.0 Å². The summed E-state index contributed by atoms with van der Waals surface area (Å²) in [5.74, 6) is 2.81. The molecule has 1 N–H and O–H groups in total. The maximum Gasteiger partial charge on any atom is 0.224 e. The fraction of sp³-hybridized carbons (Fsp3) is 0.381. The van der Waals surface area contributed by atoms with E-state index in [1.165, 1.54) is 0 Å². The summed E-state index contributed by atoms with van der Waals surface area (Å²) in [4.78, 5) is 12.3. The first-order chi connectivity index (χ1) is 13.6. The van der Waals surface area contributed by atoms with Gasteiger partial charge in [0, 0.05) is 6.54 Å². The van der Waals surface area contributed by atoms with Crippen molar-refractivity contribution < 1.29 is 28.5 Å². The molecule has 28 heavy (non-hydrogen) atoms. The number of rotatable bonds is 10. The molecule has 2 aromatic carbocycles. The van der Waals surface area contributed by atoms with Crippen molar-refractivity contribution in [3.8, 4) is 28.7 Å². The number of amides is 1. The van der Waals surface area contributed by atoms with Crippen LogP contribution in [0.5, 0.6) is 28.7 Å². The zero-order valence-corrected chi connectivity index (χ0v) is 17.0. The number of hydrogen-bond acceptors (Lipinski definition) is 6. The summed E-state index contributed by atoms with van der Waals surface area (Å²) in [6, 6.07) is 9.26. The number of ether oxygens (including phenoxy) is 5. The zero-order valence-electron chi connectivity index (χ0n) is 17.0. The van der Waals surface area contributed by atoms with Crippen LogP contribution in [0.25, 0.3) is 0 Å². The molecule has 0 unspecified atom stereocenters. The minimum absolute atomic E-state index is 0.0882. The first-order valence-electron chi connectivity index (χ1n) is 8.82. The molecule has 2 rings (SSSR count). The first kappa shape index (κ1) is 21.2. The lowest BCUT2D eigenvalue weighted by Gasteiger charge is -2.14. The van der Waals surface area contributed by atoms with Gasteiger partial charge in [-0.1, -0.05) is 6.07 Å². The minimum atomic E-state index is -0.0882. The third-order valence-electron chi connectivity index (χ3n) is 4.27. The zero-order chi connectivity index (χ0) is 20.5. The fourth-order valence-electron chi connectivity index (χ4n) is 2.87. The normalized spacial score (nSPS) is 10.2. The Morgan fingerprint density at radius 3 is 1.86 bits per heavy atom. The molecule has 1 amide bonds. The van der Waals surface area contributed by atoms with Crippen molar-refractivity contribution in [1.82, 2.24) is 5.32 Å². The predicted molar refractivity (Wildman–Crippen MR) is 106 cm³/mol. The molecule has 7 heteroatoms. The van der Waals surface area contributed by atoms with Gasteiger partial charge in [-0.2, -0.15) is 0 Å². The van der Waals surface area contributed by atoms with Crippen molar-refractivity contribution in [2.75, 3.05) is 42.1 Å². The summed E-state index contributed by atoms with van der Waals surface area (Å²) in [7, 11) is 7.83. The van der Waals surface area contributed by atoms with Crippen LogP contribution in [-0.2, 0) is 17.6 Å². The van der Waals surface area contributed by atoms with E-state index in [-0.39, 0.29) is 12.3 Å². The molecule has 0 aromatic heterocycles. The molecule has 0 fully saturated rings. The SMILES string of the molecule is COc1ccc(CCNC(=O)Cc2cc(OC)c(OC)c(OC)c2)cc1OC. The number of carbonyl (C=O) groups is 1.